The van der Waals surface area contributed by atoms with Crippen LogP contribution in [0, 0.1) is 23.7 Å². The summed E-state index contributed by atoms with van der Waals surface area (Å²) in [5.74, 6) is 5.84. The number of hydrogen-bond donors (Lipinski definition) is 2. The molecule has 0 spiro atoms. The van der Waals surface area contributed by atoms with Gasteiger partial charge in [-0.2, -0.15) is 0 Å². The topological polar surface area (TPSA) is 57.5 Å². The predicted molar refractivity (Wildman–Crippen MR) is 76.8 cm³/mol. The third-order valence-corrected chi connectivity index (χ3v) is 3.86. The van der Waals surface area contributed by atoms with Crippen molar-refractivity contribution in [3.8, 4) is 11.8 Å². The molecule has 1 aromatic rings. The summed E-state index contributed by atoms with van der Waals surface area (Å²) in [6, 6.07) is 9.72. The van der Waals surface area contributed by atoms with E-state index in [0.717, 1.165) is 18.3 Å². The van der Waals surface area contributed by atoms with Gasteiger partial charge in [-0.3, -0.25) is 0 Å². The molecule has 1 aliphatic rings. The fraction of sp³-hybridized carbons (Fsp3) is 0.471. The molecule has 1 saturated carbocycles. The van der Waals surface area contributed by atoms with Crippen molar-refractivity contribution in [2.24, 2.45) is 11.8 Å². The first-order chi connectivity index (χ1) is 9.70. The first-order valence-corrected chi connectivity index (χ1v) is 7.05. The molecule has 0 radical (unpaired) electrons. The van der Waals surface area contributed by atoms with Gasteiger partial charge in [0.1, 0.15) is 12.4 Å². The molecule has 0 aromatic heterocycles. The van der Waals surface area contributed by atoms with Crippen LogP contribution >= 0.6 is 0 Å². The highest BCUT2D eigenvalue weighted by Crippen LogP contribution is 2.33. The lowest BCUT2D eigenvalue weighted by atomic mass is 9.92. The molecule has 1 aliphatic carbocycles. The van der Waals surface area contributed by atoms with Crippen LogP contribution in [0.2, 0.25) is 0 Å². The number of carbonyl (C=O) groups is 1. The SMILES string of the molecule is O=CC[C@@H]1[C@H](C#CC(O)Cc2ccccc2)CC[C@@H]1O. The van der Waals surface area contributed by atoms with E-state index in [1.165, 1.54) is 0 Å². The van der Waals surface area contributed by atoms with Gasteiger partial charge in [-0.25, -0.2) is 0 Å². The van der Waals surface area contributed by atoms with Crippen LogP contribution in [0.1, 0.15) is 24.8 Å². The molecule has 2 N–H and O–H groups in total. The zero-order chi connectivity index (χ0) is 14.4. The van der Waals surface area contributed by atoms with E-state index in [2.05, 4.69) is 11.8 Å². The van der Waals surface area contributed by atoms with Crippen LogP contribution in [-0.4, -0.2) is 28.7 Å². The number of aliphatic hydroxyl groups is 2. The Kier molecular flexibility index (Phi) is 5.34. The Morgan fingerprint density at radius 3 is 2.75 bits per heavy atom. The molecule has 0 amide bonds. The quantitative estimate of drug-likeness (QED) is 0.646. The van der Waals surface area contributed by atoms with Crippen molar-refractivity contribution in [3.63, 3.8) is 0 Å². The Hall–Kier alpha value is -1.63. The van der Waals surface area contributed by atoms with Crippen LogP contribution in [-0.2, 0) is 11.2 Å². The summed E-state index contributed by atoms with van der Waals surface area (Å²) >= 11 is 0. The summed E-state index contributed by atoms with van der Waals surface area (Å²) in [7, 11) is 0. The van der Waals surface area contributed by atoms with Gasteiger partial charge in [0.25, 0.3) is 0 Å². The summed E-state index contributed by atoms with van der Waals surface area (Å²) in [6.07, 6.45) is 2.03. The first-order valence-electron chi connectivity index (χ1n) is 7.05. The Labute approximate surface area is 119 Å². The lowest BCUT2D eigenvalue weighted by molar-refractivity contribution is -0.109. The summed E-state index contributed by atoms with van der Waals surface area (Å²) in [6.45, 7) is 0. The van der Waals surface area contributed by atoms with Gasteiger partial charge in [0.2, 0.25) is 0 Å². The van der Waals surface area contributed by atoms with Crippen LogP contribution in [0.3, 0.4) is 0 Å². The van der Waals surface area contributed by atoms with E-state index in [4.69, 9.17) is 0 Å². The predicted octanol–water partition coefficient (Wildman–Crippen LogP) is 1.57. The van der Waals surface area contributed by atoms with Gasteiger partial charge in [0, 0.05) is 24.7 Å². The van der Waals surface area contributed by atoms with Crippen molar-refractivity contribution < 1.29 is 15.0 Å². The highest BCUT2D eigenvalue weighted by atomic mass is 16.3. The fourth-order valence-corrected chi connectivity index (χ4v) is 2.75. The van der Waals surface area contributed by atoms with Gasteiger partial charge >= 0.3 is 0 Å². The Bertz CT molecular complexity index is 486. The van der Waals surface area contributed by atoms with Gasteiger partial charge in [-0.15, -0.1) is 0 Å². The minimum Gasteiger partial charge on any atom is -0.393 e. The molecule has 1 aromatic carbocycles. The molecular formula is C17H20O3. The van der Waals surface area contributed by atoms with E-state index in [1.807, 2.05) is 30.3 Å². The summed E-state index contributed by atoms with van der Waals surface area (Å²) < 4.78 is 0. The van der Waals surface area contributed by atoms with Crippen molar-refractivity contribution in [1.29, 1.82) is 0 Å². The highest BCUT2D eigenvalue weighted by Gasteiger charge is 2.33. The number of aliphatic hydroxyl groups excluding tert-OH is 2. The van der Waals surface area contributed by atoms with Gasteiger partial charge in [0.15, 0.2) is 0 Å². The molecule has 0 bridgehead atoms. The average molecular weight is 272 g/mol. The molecule has 4 atom stereocenters. The maximum Gasteiger partial charge on any atom is 0.120 e. The van der Waals surface area contributed by atoms with E-state index in [9.17, 15) is 15.0 Å². The molecule has 3 heteroatoms. The van der Waals surface area contributed by atoms with E-state index in [0.29, 0.717) is 19.3 Å². The van der Waals surface area contributed by atoms with Crippen LogP contribution in [0.15, 0.2) is 30.3 Å². The molecule has 1 fully saturated rings. The zero-order valence-electron chi connectivity index (χ0n) is 11.4. The van der Waals surface area contributed by atoms with Gasteiger partial charge in [-0.1, -0.05) is 42.2 Å². The van der Waals surface area contributed by atoms with E-state index < -0.39 is 12.2 Å². The Morgan fingerprint density at radius 1 is 1.30 bits per heavy atom. The molecule has 0 aliphatic heterocycles. The van der Waals surface area contributed by atoms with Crippen LogP contribution < -0.4 is 0 Å². The minimum absolute atomic E-state index is 0.0145. The molecule has 0 saturated heterocycles. The monoisotopic (exact) mass is 272 g/mol. The summed E-state index contributed by atoms with van der Waals surface area (Å²) in [5.41, 5.74) is 1.05. The first kappa shape index (κ1) is 14.8. The minimum atomic E-state index is -0.702. The van der Waals surface area contributed by atoms with Gasteiger partial charge in [0.05, 0.1) is 6.10 Å². The summed E-state index contributed by atoms with van der Waals surface area (Å²) in [4.78, 5) is 10.6. The lowest BCUT2D eigenvalue weighted by Crippen LogP contribution is -2.19. The van der Waals surface area contributed by atoms with Crippen molar-refractivity contribution in [1.82, 2.24) is 0 Å². The molecule has 20 heavy (non-hydrogen) atoms. The van der Waals surface area contributed by atoms with Crippen LogP contribution in [0.25, 0.3) is 0 Å². The molecular weight excluding hydrogens is 252 g/mol. The van der Waals surface area contributed by atoms with Gasteiger partial charge in [-0.05, 0) is 18.4 Å². The smallest absolute Gasteiger partial charge is 0.120 e. The second-order valence-electron chi connectivity index (χ2n) is 5.31. The fourth-order valence-electron chi connectivity index (χ4n) is 2.75. The zero-order valence-corrected chi connectivity index (χ0v) is 11.4. The maximum atomic E-state index is 10.6. The van der Waals surface area contributed by atoms with Crippen molar-refractivity contribution in [2.45, 2.75) is 37.9 Å². The second-order valence-corrected chi connectivity index (χ2v) is 5.31. The largest absolute Gasteiger partial charge is 0.393 e. The van der Waals surface area contributed by atoms with E-state index in [-0.39, 0.29) is 11.8 Å². The third-order valence-electron chi connectivity index (χ3n) is 3.86. The lowest BCUT2D eigenvalue weighted by Gasteiger charge is -2.15. The molecule has 0 heterocycles. The number of aldehydes is 1. The molecule has 2 rings (SSSR count). The number of benzene rings is 1. The van der Waals surface area contributed by atoms with Gasteiger partial charge < -0.3 is 15.0 Å². The highest BCUT2D eigenvalue weighted by molar-refractivity contribution is 5.50. The standard InChI is InChI=1S/C17H20O3/c18-11-10-16-14(7-9-17(16)20)6-8-15(19)12-13-4-2-1-3-5-13/h1-5,11,14-17,19-20H,7,9-10,12H2/t14-,15?,16-,17+/m1/s1. The normalized spacial score (nSPS) is 26.6. The van der Waals surface area contributed by atoms with E-state index >= 15 is 0 Å². The molecule has 1 unspecified atom stereocenters. The Balaban J connectivity index is 1.94. The summed E-state index contributed by atoms with van der Waals surface area (Å²) in [5, 5.41) is 19.7. The number of carbonyl (C=O) groups excluding carboxylic acids is 1. The number of rotatable bonds is 4. The molecule has 3 nitrogen and oxygen atoms in total. The second kappa shape index (κ2) is 7.23. The van der Waals surface area contributed by atoms with E-state index in [1.54, 1.807) is 0 Å². The Morgan fingerprint density at radius 2 is 2.05 bits per heavy atom. The number of hydrogen-bond acceptors (Lipinski definition) is 3. The average Bonchev–Trinajstić information content (AvgIpc) is 2.79. The maximum absolute atomic E-state index is 10.6. The van der Waals surface area contributed by atoms with Crippen LogP contribution in [0.5, 0.6) is 0 Å². The van der Waals surface area contributed by atoms with Crippen LogP contribution in [0.4, 0.5) is 0 Å². The van der Waals surface area contributed by atoms with Crippen molar-refractivity contribution in [2.75, 3.05) is 0 Å². The third kappa shape index (κ3) is 3.93. The molecule has 106 valence electrons. The van der Waals surface area contributed by atoms with Crippen molar-refractivity contribution >= 4 is 6.29 Å². The van der Waals surface area contributed by atoms with Crippen molar-refractivity contribution in [3.05, 3.63) is 35.9 Å².